The minimum Gasteiger partial charge on any atom is -0.455 e. The molecule has 0 aromatic heterocycles. The molecule has 2 aromatic carbocycles. The van der Waals surface area contributed by atoms with Gasteiger partial charge in [0.1, 0.15) is 11.6 Å². The molecule has 2 aromatic rings. The molecular weight excluding hydrogens is 308 g/mol. The molecule has 0 fully saturated rings. The van der Waals surface area contributed by atoms with Crippen LogP contribution in [0.5, 0.6) is 11.5 Å². The zero-order valence-corrected chi connectivity index (χ0v) is 10.9. The van der Waals surface area contributed by atoms with Crippen LogP contribution in [0.25, 0.3) is 0 Å². The number of ether oxygens (including phenoxy) is 1. The van der Waals surface area contributed by atoms with Crippen LogP contribution in [-0.4, -0.2) is 0 Å². The molecule has 5 heteroatoms. The normalized spacial score (nSPS) is 10.3. The van der Waals surface area contributed by atoms with E-state index in [-0.39, 0.29) is 0 Å². The zero-order valence-electron chi connectivity index (χ0n) is 8.58. The molecule has 0 amide bonds. The third-order valence-electron chi connectivity index (χ3n) is 2.09. The standard InChI is InChI=1S/C12H8BrClFNO/c13-9-3-2-8(6-10(9)15)17-12-5-7(14)1-4-11(12)16/h1-6H,16H2. The number of halogens is 3. The second-order valence-electron chi connectivity index (χ2n) is 3.36. The van der Waals surface area contributed by atoms with Crippen molar-refractivity contribution >= 4 is 33.2 Å². The summed E-state index contributed by atoms with van der Waals surface area (Å²) in [5.41, 5.74) is 6.16. The van der Waals surface area contributed by atoms with Gasteiger partial charge in [-0.3, -0.25) is 0 Å². The minimum absolute atomic E-state index is 0.361. The molecule has 0 aliphatic rings. The molecule has 88 valence electrons. The van der Waals surface area contributed by atoms with E-state index in [2.05, 4.69) is 15.9 Å². The molecule has 0 heterocycles. The van der Waals surface area contributed by atoms with Crippen LogP contribution in [0.3, 0.4) is 0 Å². The van der Waals surface area contributed by atoms with E-state index in [1.54, 1.807) is 30.3 Å². The van der Waals surface area contributed by atoms with Crippen molar-refractivity contribution in [2.24, 2.45) is 0 Å². The summed E-state index contributed by atoms with van der Waals surface area (Å²) in [5, 5.41) is 0.506. The van der Waals surface area contributed by atoms with Crippen LogP contribution < -0.4 is 10.5 Å². The lowest BCUT2D eigenvalue weighted by atomic mass is 10.3. The van der Waals surface area contributed by atoms with Crippen molar-refractivity contribution in [1.29, 1.82) is 0 Å². The monoisotopic (exact) mass is 315 g/mol. The van der Waals surface area contributed by atoms with E-state index in [1.807, 2.05) is 0 Å². The Labute approximate surface area is 111 Å². The largest absolute Gasteiger partial charge is 0.455 e. The summed E-state index contributed by atoms with van der Waals surface area (Å²) in [6.45, 7) is 0. The van der Waals surface area contributed by atoms with Gasteiger partial charge in [0.05, 0.1) is 10.2 Å². The first-order valence-corrected chi connectivity index (χ1v) is 5.91. The van der Waals surface area contributed by atoms with E-state index in [4.69, 9.17) is 22.1 Å². The first-order valence-electron chi connectivity index (χ1n) is 4.74. The number of anilines is 1. The fourth-order valence-electron chi connectivity index (χ4n) is 1.26. The molecule has 0 aliphatic heterocycles. The molecular formula is C12H8BrClFNO. The highest BCUT2D eigenvalue weighted by Crippen LogP contribution is 2.31. The molecule has 0 saturated carbocycles. The van der Waals surface area contributed by atoms with Crippen LogP contribution in [0.2, 0.25) is 5.02 Å². The van der Waals surface area contributed by atoms with E-state index in [0.717, 1.165) is 0 Å². The maximum Gasteiger partial charge on any atom is 0.151 e. The smallest absolute Gasteiger partial charge is 0.151 e. The maximum atomic E-state index is 13.3. The Bertz CT molecular complexity index is 562. The lowest BCUT2D eigenvalue weighted by Gasteiger charge is -2.09. The van der Waals surface area contributed by atoms with Crippen LogP contribution in [0.4, 0.5) is 10.1 Å². The fraction of sp³-hybridized carbons (Fsp3) is 0. The predicted octanol–water partition coefficient (Wildman–Crippen LogP) is 4.62. The minimum atomic E-state index is -0.400. The van der Waals surface area contributed by atoms with E-state index in [1.165, 1.54) is 6.07 Å². The van der Waals surface area contributed by atoms with Crippen LogP contribution in [0.15, 0.2) is 40.9 Å². The van der Waals surface area contributed by atoms with Gasteiger partial charge in [0, 0.05) is 17.2 Å². The van der Waals surface area contributed by atoms with Gasteiger partial charge in [-0.1, -0.05) is 11.6 Å². The highest BCUT2D eigenvalue weighted by molar-refractivity contribution is 9.10. The molecule has 0 spiro atoms. The van der Waals surface area contributed by atoms with Gasteiger partial charge < -0.3 is 10.5 Å². The SMILES string of the molecule is Nc1ccc(Cl)cc1Oc1ccc(Br)c(F)c1. The van der Waals surface area contributed by atoms with Gasteiger partial charge in [-0.25, -0.2) is 4.39 Å². The summed E-state index contributed by atoms with van der Waals surface area (Å²) in [4.78, 5) is 0. The Morgan fingerprint density at radius 1 is 1.18 bits per heavy atom. The van der Waals surface area contributed by atoms with Crippen LogP contribution in [0, 0.1) is 5.82 Å². The van der Waals surface area contributed by atoms with Crippen LogP contribution >= 0.6 is 27.5 Å². The van der Waals surface area contributed by atoms with Gasteiger partial charge in [0.25, 0.3) is 0 Å². The van der Waals surface area contributed by atoms with Crippen molar-refractivity contribution < 1.29 is 9.13 Å². The fourth-order valence-corrected chi connectivity index (χ4v) is 1.67. The third-order valence-corrected chi connectivity index (χ3v) is 2.97. The van der Waals surface area contributed by atoms with Gasteiger partial charge in [-0.2, -0.15) is 0 Å². The van der Waals surface area contributed by atoms with E-state index in [0.29, 0.717) is 26.7 Å². The molecule has 17 heavy (non-hydrogen) atoms. The quantitative estimate of drug-likeness (QED) is 0.821. The Balaban J connectivity index is 2.31. The molecule has 2 rings (SSSR count). The van der Waals surface area contributed by atoms with Crippen LogP contribution in [-0.2, 0) is 0 Å². The van der Waals surface area contributed by atoms with Gasteiger partial charge in [-0.05, 0) is 40.2 Å². The maximum absolute atomic E-state index is 13.3. The number of nitrogen functional groups attached to an aromatic ring is 1. The van der Waals surface area contributed by atoms with Crippen molar-refractivity contribution in [3.8, 4) is 11.5 Å². The number of rotatable bonds is 2. The van der Waals surface area contributed by atoms with E-state index >= 15 is 0 Å². The van der Waals surface area contributed by atoms with Crippen molar-refractivity contribution in [3.05, 3.63) is 51.7 Å². The zero-order chi connectivity index (χ0) is 12.4. The van der Waals surface area contributed by atoms with Gasteiger partial charge in [0.15, 0.2) is 5.75 Å². The highest BCUT2D eigenvalue weighted by Gasteiger charge is 2.06. The predicted molar refractivity (Wildman–Crippen MR) is 70.0 cm³/mol. The van der Waals surface area contributed by atoms with Gasteiger partial charge >= 0.3 is 0 Å². The summed E-state index contributed by atoms with van der Waals surface area (Å²) >= 11 is 8.89. The molecule has 0 radical (unpaired) electrons. The van der Waals surface area contributed by atoms with Crippen molar-refractivity contribution in [2.75, 3.05) is 5.73 Å². The summed E-state index contributed by atoms with van der Waals surface area (Å²) < 4.78 is 19.1. The molecule has 0 unspecified atom stereocenters. The van der Waals surface area contributed by atoms with Gasteiger partial charge in [0.2, 0.25) is 0 Å². The number of hydrogen-bond acceptors (Lipinski definition) is 2. The Morgan fingerprint density at radius 3 is 2.65 bits per heavy atom. The van der Waals surface area contributed by atoms with E-state index < -0.39 is 5.82 Å². The topological polar surface area (TPSA) is 35.2 Å². The van der Waals surface area contributed by atoms with E-state index in [9.17, 15) is 4.39 Å². The summed E-state index contributed by atoms with van der Waals surface area (Å²) in [6, 6.07) is 9.33. The molecule has 0 bridgehead atoms. The molecule has 0 atom stereocenters. The molecule has 0 aliphatic carbocycles. The van der Waals surface area contributed by atoms with Crippen LogP contribution in [0.1, 0.15) is 0 Å². The number of hydrogen-bond donors (Lipinski definition) is 1. The summed E-state index contributed by atoms with van der Waals surface area (Å²) in [6.07, 6.45) is 0. The van der Waals surface area contributed by atoms with Crippen molar-refractivity contribution in [1.82, 2.24) is 0 Å². The third kappa shape index (κ3) is 2.90. The highest BCUT2D eigenvalue weighted by atomic mass is 79.9. The van der Waals surface area contributed by atoms with Crippen molar-refractivity contribution in [2.45, 2.75) is 0 Å². The second kappa shape index (κ2) is 4.94. The molecule has 2 N–H and O–H groups in total. The second-order valence-corrected chi connectivity index (χ2v) is 4.65. The Morgan fingerprint density at radius 2 is 1.94 bits per heavy atom. The lowest BCUT2D eigenvalue weighted by Crippen LogP contribution is -1.92. The first kappa shape index (κ1) is 12.2. The Kier molecular flexibility index (Phi) is 3.54. The first-order chi connectivity index (χ1) is 8.06. The Hall–Kier alpha value is -1.26. The van der Waals surface area contributed by atoms with Gasteiger partial charge in [-0.15, -0.1) is 0 Å². The molecule has 0 saturated heterocycles. The molecule has 2 nitrogen and oxygen atoms in total. The average Bonchev–Trinajstić information content (AvgIpc) is 2.29. The average molecular weight is 317 g/mol. The lowest BCUT2D eigenvalue weighted by molar-refractivity contribution is 0.478. The number of nitrogens with two attached hydrogens (primary N) is 1. The summed E-state index contributed by atoms with van der Waals surface area (Å²) in [5.74, 6) is 0.363. The number of benzene rings is 2. The van der Waals surface area contributed by atoms with Crippen molar-refractivity contribution in [3.63, 3.8) is 0 Å². The summed E-state index contributed by atoms with van der Waals surface area (Å²) in [7, 11) is 0.